The van der Waals surface area contributed by atoms with Crippen LogP contribution in [0.4, 0.5) is 4.79 Å². The highest BCUT2D eigenvalue weighted by Gasteiger charge is 2.39. The van der Waals surface area contributed by atoms with E-state index >= 15 is 0 Å². The van der Waals surface area contributed by atoms with Crippen molar-refractivity contribution in [1.82, 2.24) is 14.8 Å². The number of nitriles is 1. The quantitative estimate of drug-likeness (QED) is 0.338. The molecule has 0 fully saturated rings. The summed E-state index contributed by atoms with van der Waals surface area (Å²) in [5, 5.41) is 19.6. The Kier molecular flexibility index (Phi) is 7.99. The summed E-state index contributed by atoms with van der Waals surface area (Å²) >= 11 is 0. The molecular weight excluding hydrogens is 424 g/mol. The minimum absolute atomic E-state index is 0.00359. The number of ketones is 2. The number of amides is 2. The normalized spacial score (nSPS) is 12.3. The number of nitrogens with one attached hydrogen (secondary N) is 1. The highest BCUT2D eigenvalue weighted by Crippen LogP contribution is 2.24. The van der Waals surface area contributed by atoms with Crippen LogP contribution in [0.1, 0.15) is 51.4 Å². The molecule has 0 saturated carbocycles. The van der Waals surface area contributed by atoms with Crippen LogP contribution in [0.3, 0.4) is 0 Å². The average Bonchev–Trinajstić information content (AvgIpc) is 3.14. The van der Waals surface area contributed by atoms with Crippen molar-refractivity contribution in [3.8, 4) is 6.07 Å². The molecule has 2 amide bonds. The highest BCUT2D eigenvalue weighted by atomic mass is 16.4. The van der Waals surface area contributed by atoms with Gasteiger partial charge in [0.05, 0.1) is 24.2 Å². The minimum atomic E-state index is -1.26. The molecule has 0 spiro atoms. The van der Waals surface area contributed by atoms with Crippen LogP contribution < -0.4 is 0 Å². The van der Waals surface area contributed by atoms with Crippen LogP contribution in [0, 0.1) is 17.2 Å². The molecule has 1 aromatic heterocycles. The summed E-state index contributed by atoms with van der Waals surface area (Å²) in [7, 11) is 0. The van der Waals surface area contributed by atoms with Gasteiger partial charge in [0.2, 0.25) is 0 Å². The summed E-state index contributed by atoms with van der Waals surface area (Å²) in [6, 6.07) is 7.76. The second-order valence-corrected chi connectivity index (χ2v) is 9.33. The van der Waals surface area contributed by atoms with Crippen LogP contribution >= 0.6 is 0 Å². The number of nitrogens with zero attached hydrogens (tertiary/aromatic N) is 3. The number of H-pyrrole nitrogens is 1. The van der Waals surface area contributed by atoms with Gasteiger partial charge in [-0.25, -0.2) is 4.79 Å². The van der Waals surface area contributed by atoms with E-state index in [1.807, 2.05) is 19.9 Å². The Morgan fingerprint density at radius 3 is 2.33 bits per heavy atom. The van der Waals surface area contributed by atoms with Crippen molar-refractivity contribution in [2.45, 2.75) is 52.6 Å². The van der Waals surface area contributed by atoms with Crippen molar-refractivity contribution in [2.75, 3.05) is 13.1 Å². The molecule has 0 saturated heterocycles. The third kappa shape index (κ3) is 5.98. The topological polar surface area (TPSA) is 135 Å². The smallest absolute Gasteiger partial charge is 0.408 e. The van der Waals surface area contributed by atoms with Gasteiger partial charge in [0, 0.05) is 22.6 Å². The number of carbonyl (C=O) groups is 4. The summed E-state index contributed by atoms with van der Waals surface area (Å²) in [5.74, 6) is -2.38. The molecule has 176 valence electrons. The van der Waals surface area contributed by atoms with E-state index in [0.717, 1.165) is 9.80 Å². The van der Waals surface area contributed by atoms with Gasteiger partial charge in [-0.1, -0.05) is 32.0 Å². The monoisotopic (exact) mass is 454 g/mol. The predicted octanol–water partition coefficient (Wildman–Crippen LogP) is 3.47. The number of para-hydroxylation sites is 1. The molecule has 9 heteroatoms. The number of carbonyl (C=O) groups excluding carboxylic acids is 3. The zero-order valence-corrected chi connectivity index (χ0v) is 19.6. The van der Waals surface area contributed by atoms with E-state index in [4.69, 9.17) is 0 Å². The third-order valence-corrected chi connectivity index (χ3v) is 5.23. The van der Waals surface area contributed by atoms with Gasteiger partial charge in [0.15, 0.2) is 5.78 Å². The fourth-order valence-corrected chi connectivity index (χ4v) is 3.81. The molecule has 1 heterocycles. The lowest BCUT2D eigenvalue weighted by atomic mass is 9.94. The van der Waals surface area contributed by atoms with E-state index in [9.17, 15) is 29.5 Å². The Balaban J connectivity index is 2.34. The van der Waals surface area contributed by atoms with Gasteiger partial charge in [0.1, 0.15) is 6.54 Å². The SMILES string of the molecule is CC(C)C[C@@H](C(=O)CN(CC#N)C(=O)C(=O)c1c[nH]c2ccccc12)N(C(=O)O)C(C)(C)C. The molecule has 0 aliphatic heterocycles. The van der Waals surface area contributed by atoms with Crippen molar-refractivity contribution in [3.63, 3.8) is 0 Å². The molecule has 2 rings (SSSR count). The van der Waals surface area contributed by atoms with Crippen LogP contribution in [0.5, 0.6) is 0 Å². The molecule has 0 bridgehead atoms. The molecule has 1 aromatic carbocycles. The van der Waals surface area contributed by atoms with Crippen LogP contribution in [0.25, 0.3) is 10.9 Å². The van der Waals surface area contributed by atoms with Gasteiger partial charge in [-0.3, -0.25) is 19.3 Å². The maximum Gasteiger partial charge on any atom is 0.408 e. The molecule has 9 nitrogen and oxygen atoms in total. The molecule has 33 heavy (non-hydrogen) atoms. The summed E-state index contributed by atoms with van der Waals surface area (Å²) in [5.41, 5.74) is -0.0484. The van der Waals surface area contributed by atoms with Crippen LogP contribution in [0.2, 0.25) is 0 Å². The van der Waals surface area contributed by atoms with Crippen molar-refractivity contribution in [1.29, 1.82) is 5.26 Å². The van der Waals surface area contributed by atoms with Crippen LogP contribution in [0.15, 0.2) is 30.5 Å². The van der Waals surface area contributed by atoms with Crippen LogP contribution in [-0.4, -0.2) is 68.1 Å². The first-order valence-corrected chi connectivity index (χ1v) is 10.7. The predicted molar refractivity (Wildman–Crippen MR) is 123 cm³/mol. The van der Waals surface area contributed by atoms with Crippen molar-refractivity contribution >= 4 is 34.5 Å². The van der Waals surface area contributed by atoms with E-state index in [1.54, 1.807) is 45.0 Å². The molecule has 0 unspecified atom stereocenters. The molecule has 2 aromatic rings. The number of Topliss-reactive ketones (excluding diaryl/α,β-unsaturated/α-hetero) is 2. The molecule has 0 aliphatic carbocycles. The van der Waals surface area contributed by atoms with Gasteiger partial charge >= 0.3 is 6.09 Å². The summed E-state index contributed by atoms with van der Waals surface area (Å²) in [4.78, 5) is 56.0. The first kappa shape index (κ1) is 25.6. The van der Waals surface area contributed by atoms with Gasteiger partial charge in [-0.15, -0.1) is 0 Å². The van der Waals surface area contributed by atoms with Gasteiger partial charge in [-0.2, -0.15) is 5.26 Å². The lowest BCUT2D eigenvalue weighted by Crippen LogP contribution is -2.56. The number of aromatic nitrogens is 1. The first-order valence-electron chi connectivity index (χ1n) is 10.7. The Bertz CT molecular complexity index is 1090. The lowest BCUT2D eigenvalue weighted by Gasteiger charge is -2.40. The summed E-state index contributed by atoms with van der Waals surface area (Å²) < 4.78 is 0. The third-order valence-electron chi connectivity index (χ3n) is 5.23. The van der Waals surface area contributed by atoms with Gasteiger partial charge in [0.25, 0.3) is 11.7 Å². The molecule has 0 radical (unpaired) electrons. The van der Waals surface area contributed by atoms with Gasteiger partial charge < -0.3 is 15.0 Å². The number of benzene rings is 1. The maximum atomic E-state index is 13.3. The van der Waals surface area contributed by atoms with E-state index in [0.29, 0.717) is 10.9 Å². The van der Waals surface area contributed by atoms with E-state index in [2.05, 4.69) is 4.98 Å². The Morgan fingerprint density at radius 2 is 1.79 bits per heavy atom. The number of aromatic amines is 1. The number of carboxylic acid groups (broad SMARTS) is 1. The maximum absolute atomic E-state index is 13.3. The largest absolute Gasteiger partial charge is 0.465 e. The Morgan fingerprint density at radius 1 is 1.15 bits per heavy atom. The van der Waals surface area contributed by atoms with E-state index in [1.165, 1.54) is 6.20 Å². The molecule has 2 N–H and O–H groups in total. The number of hydrogen-bond acceptors (Lipinski definition) is 5. The summed E-state index contributed by atoms with van der Waals surface area (Å²) in [6.45, 7) is 7.75. The molecular formula is C24H30N4O5. The Hall–Kier alpha value is -3.67. The van der Waals surface area contributed by atoms with E-state index < -0.39 is 48.2 Å². The number of hydrogen-bond donors (Lipinski definition) is 2. The minimum Gasteiger partial charge on any atom is -0.465 e. The highest BCUT2D eigenvalue weighted by molar-refractivity contribution is 6.45. The van der Waals surface area contributed by atoms with Gasteiger partial charge in [-0.05, 0) is 39.2 Å². The molecule has 0 aliphatic rings. The van der Waals surface area contributed by atoms with Crippen molar-refractivity contribution in [3.05, 3.63) is 36.0 Å². The second-order valence-electron chi connectivity index (χ2n) is 9.33. The zero-order chi connectivity index (χ0) is 24.9. The van der Waals surface area contributed by atoms with Crippen molar-refractivity contribution < 1.29 is 24.3 Å². The number of fused-ring (bicyclic) bond motifs is 1. The zero-order valence-electron chi connectivity index (χ0n) is 19.6. The summed E-state index contributed by atoms with van der Waals surface area (Å²) in [6.07, 6.45) is 0.410. The van der Waals surface area contributed by atoms with Crippen molar-refractivity contribution in [2.24, 2.45) is 5.92 Å². The van der Waals surface area contributed by atoms with E-state index in [-0.39, 0.29) is 17.9 Å². The fourth-order valence-electron chi connectivity index (χ4n) is 3.81. The second kappa shape index (κ2) is 10.3. The average molecular weight is 455 g/mol. The standard InChI is InChI=1S/C24H30N4O5/c1-15(2)12-19(28(23(32)33)24(3,4)5)20(29)14-27(11-10-25)22(31)21(30)17-13-26-18-9-7-6-8-16(17)18/h6-9,13,15,19,26H,11-12,14H2,1-5H3,(H,32,33)/t19-/m0/s1. The first-order chi connectivity index (χ1) is 15.4. The molecule has 1 atom stereocenters. The van der Waals surface area contributed by atoms with Crippen LogP contribution in [-0.2, 0) is 9.59 Å². The lowest BCUT2D eigenvalue weighted by molar-refractivity contribution is -0.134. The fraction of sp³-hybridized carbons (Fsp3) is 0.458. The number of rotatable bonds is 9. The Labute approximate surface area is 193 Å².